The summed E-state index contributed by atoms with van der Waals surface area (Å²) in [5, 5.41) is 12.0. The van der Waals surface area contributed by atoms with Gasteiger partial charge in [-0.2, -0.15) is 0 Å². The molecule has 1 aromatic heterocycles. The molecule has 0 amide bonds. The van der Waals surface area contributed by atoms with Gasteiger partial charge in [-0.05, 0) is 20.3 Å². The van der Waals surface area contributed by atoms with Crippen LogP contribution in [0.1, 0.15) is 26.1 Å². The summed E-state index contributed by atoms with van der Waals surface area (Å²) in [4.78, 5) is 8.50. The van der Waals surface area contributed by atoms with Crippen LogP contribution in [-0.4, -0.2) is 34.3 Å². The lowest BCUT2D eigenvalue weighted by atomic mass is 10.2. The number of anilines is 2. The van der Waals surface area contributed by atoms with Crippen molar-refractivity contribution in [2.24, 2.45) is 5.84 Å². The van der Waals surface area contributed by atoms with Crippen LogP contribution >= 0.6 is 0 Å². The molecule has 0 aromatic carbocycles. The van der Waals surface area contributed by atoms with E-state index in [0.717, 1.165) is 0 Å². The average molecular weight is 255 g/mol. The Morgan fingerprint density at radius 3 is 2.78 bits per heavy atom. The first-order valence-electron chi connectivity index (χ1n) is 5.99. The third-order valence-corrected chi connectivity index (χ3v) is 2.31. The monoisotopic (exact) mass is 255 g/mol. The number of aliphatic hydroxyl groups is 1. The van der Waals surface area contributed by atoms with Crippen LogP contribution in [-0.2, 0) is 11.3 Å². The van der Waals surface area contributed by atoms with Crippen molar-refractivity contribution in [1.82, 2.24) is 9.97 Å². The zero-order valence-corrected chi connectivity index (χ0v) is 10.8. The molecule has 18 heavy (non-hydrogen) atoms. The molecule has 0 saturated carbocycles. The van der Waals surface area contributed by atoms with Crippen LogP contribution in [0.3, 0.4) is 0 Å². The quantitative estimate of drug-likeness (QED) is 0.395. The Labute approximate surface area is 107 Å². The number of aliphatic hydroxyl groups excluding tert-OH is 1. The molecule has 0 saturated heterocycles. The summed E-state index contributed by atoms with van der Waals surface area (Å²) in [7, 11) is 0. The highest BCUT2D eigenvalue weighted by Crippen LogP contribution is 2.12. The van der Waals surface area contributed by atoms with Gasteiger partial charge in [0.15, 0.2) is 5.82 Å². The first kappa shape index (κ1) is 14.6. The van der Waals surface area contributed by atoms with E-state index in [9.17, 15) is 0 Å². The Hall–Kier alpha value is -1.44. The van der Waals surface area contributed by atoms with E-state index < -0.39 is 0 Å². The Balaban J connectivity index is 2.76. The van der Waals surface area contributed by atoms with Crippen LogP contribution in [0.4, 0.5) is 11.6 Å². The molecule has 7 heteroatoms. The molecule has 0 radical (unpaired) electrons. The van der Waals surface area contributed by atoms with Gasteiger partial charge in [-0.3, -0.25) is 0 Å². The SMILES string of the molecule is CCOCc1nc(NN)cc(NC(C)CCO)n1. The van der Waals surface area contributed by atoms with Gasteiger partial charge in [0.1, 0.15) is 18.2 Å². The highest BCUT2D eigenvalue weighted by atomic mass is 16.5. The number of ether oxygens (including phenoxy) is 1. The summed E-state index contributed by atoms with van der Waals surface area (Å²) in [5.41, 5.74) is 2.49. The predicted molar refractivity (Wildman–Crippen MR) is 70.0 cm³/mol. The van der Waals surface area contributed by atoms with Gasteiger partial charge in [-0.1, -0.05) is 0 Å². The summed E-state index contributed by atoms with van der Waals surface area (Å²) < 4.78 is 5.27. The fourth-order valence-corrected chi connectivity index (χ4v) is 1.42. The van der Waals surface area contributed by atoms with Crippen molar-refractivity contribution in [2.75, 3.05) is 24.0 Å². The van der Waals surface area contributed by atoms with Gasteiger partial charge in [-0.25, -0.2) is 15.8 Å². The number of aromatic nitrogens is 2. The van der Waals surface area contributed by atoms with Crippen molar-refractivity contribution >= 4 is 11.6 Å². The van der Waals surface area contributed by atoms with E-state index >= 15 is 0 Å². The van der Waals surface area contributed by atoms with Crippen molar-refractivity contribution in [3.8, 4) is 0 Å². The lowest BCUT2D eigenvalue weighted by Crippen LogP contribution is -2.19. The van der Waals surface area contributed by atoms with Crippen LogP contribution in [0.2, 0.25) is 0 Å². The van der Waals surface area contributed by atoms with Gasteiger partial charge >= 0.3 is 0 Å². The van der Waals surface area contributed by atoms with E-state index in [1.54, 1.807) is 6.07 Å². The van der Waals surface area contributed by atoms with Crippen molar-refractivity contribution in [1.29, 1.82) is 0 Å². The topological polar surface area (TPSA) is 105 Å². The highest BCUT2D eigenvalue weighted by Gasteiger charge is 2.07. The molecule has 0 bridgehead atoms. The molecule has 7 nitrogen and oxygen atoms in total. The second-order valence-electron chi connectivity index (χ2n) is 3.89. The predicted octanol–water partition coefficient (Wildman–Crippen LogP) is 0.481. The molecule has 0 aliphatic heterocycles. The molecule has 5 N–H and O–H groups in total. The number of nitrogen functional groups attached to an aromatic ring is 1. The van der Waals surface area contributed by atoms with Gasteiger partial charge in [-0.15, -0.1) is 0 Å². The number of nitrogens with one attached hydrogen (secondary N) is 2. The second kappa shape index (κ2) is 7.80. The third kappa shape index (κ3) is 4.82. The summed E-state index contributed by atoms with van der Waals surface area (Å²) in [6.07, 6.45) is 0.649. The van der Waals surface area contributed by atoms with Crippen LogP contribution < -0.4 is 16.6 Å². The van der Waals surface area contributed by atoms with Gasteiger partial charge in [0, 0.05) is 25.3 Å². The molecule has 1 unspecified atom stereocenters. The summed E-state index contributed by atoms with van der Waals surface area (Å²) in [6.45, 7) is 4.96. The molecule has 0 aliphatic rings. The van der Waals surface area contributed by atoms with Gasteiger partial charge < -0.3 is 20.6 Å². The summed E-state index contributed by atoms with van der Waals surface area (Å²) >= 11 is 0. The molecule has 1 rings (SSSR count). The minimum atomic E-state index is 0.121. The standard InChI is InChI=1S/C11H21N5O2/c1-3-18-7-11-14-9(6-10(15-11)16-12)13-8(2)4-5-17/h6,8,17H,3-5,7,12H2,1-2H3,(H2,13,14,15,16). The lowest BCUT2D eigenvalue weighted by Gasteiger charge is -2.14. The van der Waals surface area contributed by atoms with E-state index in [1.807, 2.05) is 13.8 Å². The van der Waals surface area contributed by atoms with Crippen molar-refractivity contribution in [3.05, 3.63) is 11.9 Å². The second-order valence-corrected chi connectivity index (χ2v) is 3.89. The number of hydrogen-bond donors (Lipinski definition) is 4. The number of hydrazine groups is 1. The van der Waals surface area contributed by atoms with Crippen LogP contribution in [0.15, 0.2) is 6.07 Å². The summed E-state index contributed by atoms with van der Waals surface area (Å²) in [6, 6.07) is 1.83. The van der Waals surface area contributed by atoms with E-state index in [4.69, 9.17) is 15.7 Å². The number of hydrogen-bond acceptors (Lipinski definition) is 7. The maximum absolute atomic E-state index is 8.86. The van der Waals surface area contributed by atoms with E-state index in [0.29, 0.717) is 37.1 Å². The Morgan fingerprint density at radius 2 is 2.17 bits per heavy atom. The first-order chi connectivity index (χ1) is 8.69. The Morgan fingerprint density at radius 1 is 1.44 bits per heavy atom. The maximum Gasteiger partial charge on any atom is 0.158 e. The molecule has 0 aliphatic carbocycles. The molecule has 102 valence electrons. The van der Waals surface area contributed by atoms with Crippen molar-refractivity contribution in [3.63, 3.8) is 0 Å². The molecule has 1 aromatic rings. The Bertz CT molecular complexity index is 361. The minimum absolute atomic E-state index is 0.121. The molecular weight excluding hydrogens is 234 g/mol. The van der Waals surface area contributed by atoms with Crippen LogP contribution in [0, 0.1) is 0 Å². The minimum Gasteiger partial charge on any atom is -0.396 e. The van der Waals surface area contributed by atoms with Crippen LogP contribution in [0.25, 0.3) is 0 Å². The smallest absolute Gasteiger partial charge is 0.158 e. The van der Waals surface area contributed by atoms with Crippen molar-refractivity contribution in [2.45, 2.75) is 32.9 Å². The third-order valence-electron chi connectivity index (χ3n) is 2.31. The maximum atomic E-state index is 8.86. The normalized spacial score (nSPS) is 12.2. The molecule has 1 heterocycles. The van der Waals surface area contributed by atoms with E-state index in [1.165, 1.54) is 0 Å². The molecule has 0 fully saturated rings. The van der Waals surface area contributed by atoms with Crippen molar-refractivity contribution < 1.29 is 9.84 Å². The summed E-state index contributed by atoms with van der Waals surface area (Å²) in [5.74, 6) is 7.11. The number of nitrogens with zero attached hydrogens (tertiary/aromatic N) is 2. The largest absolute Gasteiger partial charge is 0.396 e. The van der Waals surface area contributed by atoms with E-state index in [2.05, 4.69) is 20.7 Å². The number of rotatable bonds is 8. The number of nitrogens with two attached hydrogens (primary N) is 1. The van der Waals surface area contributed by atoms with Gasteiger partial charge in [0.25, 0.3) is 0 Å². The zero-order valence-electron chi connectivity index (χ0n) is 10.8. The fourth-order valence-electron chi connectivity index (χ4n) is 1.42. The first-order valence-corrected chi connectivity index (χ1v) is 5.99. The Kier molecular flexibility index (Phi) is 6.34. The van der Waals surface area contributed by atoms with E-state index in [-0.39, 0.29) is 12.6 Å². The fraction of sp³-hybridized carbons (Fsp3) is 0.636. The van der Waals surface area contributed by atoms with Gasteiger partial charge in [0.2, 0.25) is 0 Å². The molecule has 0 spiro atoms. The lowest BCUT2D eigenvalue weighted by molar-refractivity contribution is 0.128. The molecular formula is C11H21N5O2. The highest BCUT2D eigenvalue weighted by molar-refractivity contribution is 5.47. The van der Waals surface area contributed by atoms with Gasteiger partial charge in [0.05, 0.1) is 0 Å². The zero-order chi connectivity index (χ0) is 13.4. The average Bonchev–Trinajstić information content (AvgIpc) is 2.36. The van der Waals surface area contributed by atoms with Crippen LogP contribution in [0.5, 0.6) is 0 Å². The molecule has 1 atom stereocenters.